The van der Waals surface area contributed by atoms with E-state index >= 15 is 0 Å². The van der Waals surface area contributed by atoms with Crippen LogP contribution in [0.25, 0.3) is 0 Å². The summed E-state index contributed by atoms with van der Waals surface area (Å²) in [5, 5.41) is 2.46. The fourth-order valence-corrected chi connectivity index (χ4v) is 2.24. The Hall–Kier alpha value is -1.67. The third kappa shape index (κ3) is 3.70. The number of ether oxygens (including phenoxy) is 1. The summed E-state index contributed by atoms with van der Waals surface area (Å²) in [5.41, 5.74) is 4.12. The van der Waals surface area contributed by atoms with Gasteiger partial charge in [0.05, 0.1) is 18.1 Å². The predicted octanol–water partition coefficient (Wildman–Crippen LogP) is 2.31. The molecule has 1 amide bonds. The Morgan fingerprint density at radius 2 is 2.14 bits per heavy atom. The van der Waals surface area contributed by atoms with Crippen LogP contribution in [0.3, 0.4) is 0 Å². The first-order chi connectivity index (χ1) is 9.79. The molecule has 0 bridgehead atoms. The molecule has 1 aromatic rings. The predicted molar refractivity (Wildman–Crippen MR) is 74.9 cm³/mol. The molecule has 1 aliphatic rings. The van der Waals surface area contributed by atoms with Gasteiger partial charge >= 0.3 is 6.18 Å². The van der Waals surface area contributed by atoms with E-state index in [0.717, 1.165) is 12.1 Å². The zero-order valence-electron chi connectivity index (χ0n) is 10.9. The number of rotatable bonds is 3. The number of hydrogen-bond donors (Lipinski definition) is 2. The SMILES string of the molecule is NC(=S)c1ccc(NC(=O)C2CCOC2)cc1C(F)(F)F. The van der Waals surface area contributed by atoms with E-state index in [4.69, 9.17) is 10.5 Å². The van der Waals surface area contributed by atoms with Crippen molar-refractivity contribution in [3.63, 3.8) is 0 Å². The number of alkyl halides is 3. The molecule has 114 valence electrons. The highest BCUT2D eigenvalue weighted by molar-refractivity contribution is 7.80. The third-order valence-corrected chi connectivity index (χ3v) is 3.38. The Labute approximate surface area is 124 Å². The molecule has 4 nitrogen and oxygen atoms in total. The number of nitrogens with one attached hydrogen (secondary N) is 1. The van der Waals surface area contributed by atoms with Gasteiger partial charge in [-0.25, -0.2) is 0 Å². The van der Waals surface area contributed by atoms with Crippen molar-refractivity contribution in [1.29, 1.82) is 0 Å². The van der Waals surface area contributed by atoms with Crippen LogP contribution >= 0.6 is 12.2 Å². The average molecular weight is 318 g/mol. The minimum atomic E-state index is -4.60. The molecule has 0 radical (unpaired) electrons. The summed E-state index contributed by atoms with van der Waals surface area (Å²) in [6.07, 6.45) is -4.04. The highest BCUT2D eigenvalue weighted by atomic mass is 32.1. The van der Waals surface area contributed by atoms with Crippen molar-refractivity contribution < 1.29 is 22.7 Å². The van der Waals surface area contributed by atoms with Gasteiger partial charge in [0.15, 0.2) is 0 Å². The van der Waals surface area contributed by atoms with Gasteiger partial charge in [-0.1, -0.05) is 12.2 Å². The molecule has 21 heavy (non-hydrogen) atoms. The van der Waals surface area contributed by atoms with Crippen molar-refractivity contribution in [3.05, 3.63) is 29.3 Å². The molecule has 2 rings (SSSR count). The van der Waals surface area contributed by atoms with E-state index in [9.17, 15) is 18.0 Å². The standard InChI is InChI=1S/C13H13F3N2O2S/c14-13(15,16)10-5-8(1-2-9(10)11(17)21)18-12(19)7-3-4-20-6-7/h1-2,5,7H,3-4,6H2,(H2,17,21)(H,18,19). The first-order valence-corrected chi connectivity index (χ1v) is 6.59. The Morgan fingerprint density at radius 3 is 2.67 bits per heavy atom. The largest absolute Gasteiger partial charge is 0.417 e. The van der Waals surface area contributed by atoms with Crippen LogP contribution in [0, 0.1) is 5.92 Å². The molecule has 1 heterocycles. The topological polar surface area (TPSA) is 64.3 Å². The van der Waals surface area contributed by atoms with Crippen LogP contribution in [0.1, 0.15) is 17.5 Å². The molecule has 3 N–H and O–H groups in total. The van der Waals surface area contributed by atoms with E-state index in [2.05, 4.69) is 17.5 Å². The molecule has 8 heteroatoms. The van der Waals surface area contributed by atoms with Crippen LogP contribution in [0.4, 0.5) is 18.9 Å². The molecule has 0 spiro atoms. The van der Waals surface area contributed by atoms with E-state index < -0.39 is 11.7 Å². The summed E-state index contributed by atoms with van der Waals surface area (Å²) in [5.74, 6) is -0.696. The number of halogens is 3. The van der Waals surface area contributed by atoms with Crippen LogP contribution in [0.15, 0.2) is 18.2 Å². The first kappa shape index (κ1) is 15.7. The molecule has 1 atom stereocenters. The molecule has 1 unspecified atom stereocenters. The maximum atomic E-state index is 13.0. The second-order valence-corrected chi connectivity index (χ2v) is 5.11. The molecule has 0 aromatic heterocycles. The Morgan fingerprint density at radius 1 is 1.43 bits per heavy atom. The Bertz CT molecular complexity index is 569. The summed E-state index contributed by atoms with van der Waals surface area (Å²) < 4.78 is 44.0. The van der Waals surface area contributed by atoms with Crippen molar-refractivity contribution in [3.8, 4) is 0 Å². The molecular weight excluding hydrogens is 305 g/mol. The van der Waals surface area contributed by atoms with E-state index in [1.807, 2.05) is 0 Å². The first-order valence-electron chi connectivity index (χ1n) is 6.18. The lowest BCUT2D eigenvalue weighted by molar-refractivity contribution is -0.137. The average Bonchev–Trinajstić information content (AvgIpc) is 2.91. The lowest BCUT2D eigenvalue weighted by Crippen LogP contribution is -2.24. The van der Waals surface area contributed by atoms with E-state index in [1.165, 1.54) is 6.07 Å². The molecule has 1 saturated heterocycles. The zero-order chi connectivity index (χ0) is 15.6. The lowest BCUT2D eigenvalue weighted by Gasteiger charge is -2.15. The van der Waals surface area contributed by atoms with E-state index in [0.29, 0.717) is 13.0 Å². The molecule has 1 fully saturated rings. The zero-order valence-corrected chi connectivity index (χ0v) is 11.7. The quantitative estimate of drug-likeness (QED) is 0.840. The number of carbonyl (C=O) groups is 1. The summed E-state index contributed by atoms with van der Waals surface area (Å²) in [4.78, 5) is 11.5. The summed E-state index contributed by atoms with van der Waals surface area (Å²) >= 11 is 4.61. The maximum absolute atomic E-state index is 13.0. The summed E-state index contributed by atoms with van der Waals surface area (Å²) in [6, 6.07) is 3.34. The van der Waals surface area contributed by atoms with Crippen LogP contribution in [-0.2, 0) is 15.7 Å². The Kier molecular flexibility index (Phi) is 4.48. The fraction of sp³-hybridized carbons (Fsp3) is 0.385. The van der Waals surface area contributed by atoms with E-state index in [1.54, 1.807) is 0 Å². The molecule has 0 aliphatic carbocycles. The lowest BCUT2D eigenvalue weighted by atomic mass is 10.0. The molecule has 1 aromatic carbocycles. The van der Waals surface area contributed by atoms with Crippen LogP contribution in [0.5, 0.6) is 0 Å². The number of thiocarbonyl (C=S) groups is 1. The second-order valence-electron chi connectivity index (χ2n) is 4.67. The smallest absolute Gasteiger partial charge is 0.389 e. The normalized spacial score (nSPS) is 18.5. The molecule has 1 aliphatic heterocycles. The molecular formula is C13H13F3N2O2S. The van der Waals surface area contributed by atoms with Gasteiger partial charge in [0.1, 0.15) is 4.99 Å². The third-order valence-electron chi connectivity index (χ3n) is 3.16. The van der Waals surface area contributed by atoms with Gasteiger partial charge in [0.25, 0.3) is 0 Å². The number of amides is 1. The second kappa shape index (κ2) is 5.98. The van der Waals surface area contributed by atoms with Crippen molar-refractivity contribution >= 4 is 28.8 Å². The van der Waals surface area contributed by atoms with Crippen molar-refractivity contribution in [2.45, 2.75) is 12.6 Å². The number of carbonyl (C=O) groups excluding carboxylic acids is 1. The Balaban J connectivity index is 2.25. The number of benzene rings is 1. The van der Waals surface area contributed by atoms with Crippen LogP contribution in [-0.4, -0.2) is 24.1 Å². The van der Waals surface area contributed by atoms with Crippen LogP contribution < -0.4 is 11.1 Å². The highest BCUT2D eigenvalue weighted by Crippen LogP contribution is 2.34. The van der Waals surface area contributed by atoms with Gasteiger partial charge in [0, 0.05) is 17.9 Å². The minimum Gasteiger partial charge on any atom is -0.389 e. The summed E-state index contributed by atoms with van der Waals surface area (Å²) in [7, 11) is 0. The maximum Gasteiger partial charge on any atom is 0.417 e. The van der Waals surface area contributed by atoms with Crippen molar-refractivity contribution in [2.24, 2.45) is 11.7 Å². The van der Waals surface area contributed by atoms with E-state index in [-0.39, 0.29) is 34.7 Å². The van der Waals surface area contributed by atoms with Gasteiger partial charge in [-0.2, -0.15) is 13.2 Å². The molecule has 0 saturated carbocycles. The summed E-state index contributed by atoms with van der Waals surface area (Å²) in [6.45, 7) is 0.759. The monoisotopic (exact) mass is 318 g/mol. The van der Waals surface area contributed by atoms with Gasteiger partial charge in [0.2, 0.25) is 5.91 Å². The van der Waals surface area contributed by atoms with Crippen LogP contribution in [0.2, 0.25) is 0 Å². The highest BCUT2D eigenvalue weighted by Gasteiger charge is 2.34. The van der Waals surface area contributed by atoms with Gasteiger partial charge < -0.3 is 15.8 Å². The fourth-order valence-electron chi connectivity index (χ4n) is 2.06. The van der Waals surface area contributed by atoms with Crippen molar-refractivity contribution in [1.82, 2.24) is 0 Å². The van der Waals surface area contributed by atoms with Gasteiger partial charge in [-0.05, 0) is 24.6 Å². The number of hydrogen-bond acceptors (Lipinski definition) is 3. The minimum absolute atomic E-state index is 0.0548. The number of anilines is 1. The van der Waals surface area contributed by atoms with Crippen molar-refractivity contribution in [2.75, 3.05) is 18.5 Å². The van der Waals surface area contributed by atoms with Gasteiger partial charge in [-0.15, -0.1) is 0 Å². The number of nitrogens with two attached hydrogens (primary N) is 1. The van der Waals surface area contributed by atoms with Gasteiger partial charge in [-0.3, -0.25) is 4.79 Å².